The molecule has 1 saturated heterocycles. The standard InChI is InChI=1S/C15H23N3OS/c1-10-14(20-9-17-10)8-16-15(19)13-7-6-11-4-2-3-5-12(11)18-13/h9,11-13,18H,2-8H2,1H3,(H,16,19). The second-order valence-electron chi connectivity index (χ2n) is 6.03. The predicted molar refractivity (Wildman–Crippen MR) is 80.6 cm³/mol. The van der Waals surface area contributed by atoms with Crippen LogP contribution in [0.5, 0.6) is 0 Å². The molecule has 4 nitrogen and oxygen atoms in total. The summed E-state index contributed by atoms with van der Waals surface area (Å²) in [4.78, 5) is 17.7. The summed E-state index contributed by atoms with van der Waals surface area (Å²) in [6.45, 7) is 2.60. The van der Waals surface area contributed by atoms with Crippen LogP contribution in [0.4, 0.5) is 0 Å². The van der Waals surface area contributed by atoms with E-state index in [0.29, 0.717) is 12.6 Å². The van der Waals surface area contributed by atoms with E-state index in [1.807, 2.05) is 12.4 Å². The number of amides is 1. The minimum atomic E-state index is 0.00239. The minimum Gasteiger partial charge on any atom is -0.350 e. The molecule has 1 aromatic heterocycles. The van der Waals surface area contributed by atoms with Gasteiger partial charge in [-0.15, -0.1) is 11.3 Å². The number of piperidine rings is 1. The first-order valence-electron chi connectivity index (χ1n) is 7.67. The molecule has 110 valence electrons. The molecule has 0 radical (unpaired) electrons. The Labute approximate surface area is 124 Å². The molecule has 0 bridgehead atoms. The zero-order valence-electron chi connectivity index (χ0n) is 12.0. The number of aryl methyl sites for hydroxylation is 1. The van der Waals surface area contributed by atoms with E-state index in [4.69, 9.17) is 0 Å². The van der Waals surface area contributed by atoms with E-state index in [-0.39, 0.29) is 11.9 Å². The van der Waals surface area contributed by atoms with Gasteiger partial charge < -0.3 is 10.6 Å². The molecule has 1 aliphatic carbocycles. The third-order valence-corrected chi connectivity index (χ3v) is 5.67. The van der Waals surface area contributed by atoms with Crippen LogP contribution in [0.2, 0.25) is 0 Å². The summed E-state index contributed by atoms with van der Waals surface area (Å²) in [5.41, 5.74) is 2.86. The summed E-state index contributed by atoms with van der Waals surface area (Å²) in [6.07, 6.45) is 7.44. The molecule has 1 aliphatic heterocycles. The zero-order valence-corrected chi connectivity index (χ0v) is 12.8. The van der Waals surface area contributed by atoms with Gasteiger partial charge in [0.05, 0.1) is 23.8 Å². The number of thiazole rings is 1. The normalized spacial score (nSPS) is 29.8. The fourth-order valence-electron chi connectivity index (χ4n) is 3.49. The van der Waals surface area contributed by atoms with Crippen molar-refractivity contribution in [2.75, 3.05) is 0 Å². The first-order valence-corrected chi connectivity index (χ1v) is 8.54. The number of aromatic nitrogens is 1. The monoisotopic (exact) mass is 293 g/mol. The van der Waals surface area contributed by atoms with Crippen molar-refractivity contribution in [1.82, 2.24) is 15.6 Å². The van der Waals surface area contributed by atoms with E-state index in [1.54, 1.807) is 11.3 Å². The van der Waals surface area contributed by atoms with E-state index in [9.17, 15) is 4.79 Å². The van der Waals surface area contributed by atoms with Crippen LogP contribution in [-0.2, 0) is 11.3 Å². The van der Waals surface area contributed by atoms with Gasteiger partial charge in [-0.2, -0.15) is 0 Å². The highest BCUT2D eigenvalue weighted by atomic mass is 32.1. The highest BCUT2D eigenvalue weighted by Gasteiger charge is 2.34. The average Bonchev–Trinajstić information content (AvgIpc) is 2.89. The van der Waals surface area contributed by atoms with E-state index in [2.05, 4.69) is 15.6 Å². The number of rotatable bonds is 3. The number of carbonyl (C=O) groups excluding carboxylic acids is 1. The van der Waals surface area contributed by atoms with Gasteiger partial charge in [0, 0.05) is 10.9 Å². The van der Waals surface area contributed by atoms with Gasteiger partial charge in [-0.05, 0) is 38.5 Å². The molecular formula is C15H23N3OS. The lowest BCUT2D eigenvalue weighted by atomic mass is 9.77. The van der Waals surface area contributed by atoms with Crippen LogP contribution in [0, 0.1) is 12.8 Å². The first-order chi connectivity index (χ1) is 9.74. The third kappa shape index (κ3) is 3.04. The number of hydrogen-bond acceptors (Lipinski definition) is 4. The number of fused-ring (bicyclic) bond motifs is 1. The molecule has 2 fully saturated rings. The van der Waals surface area contributed by atoms with Gasteiger partial charge in [-0.25, -0.2) is 4.98 Å². The van der Waals surface area contributed by atoms with Crippen LogP contribution in [0.3, 0.4) is 0 Å². The minimum absolute atomic E-state index is 0.00239. The van der Waals surface area contributed by atoms with E-state index in [1.165, 1.54) is 32.1 Å². The number of carbonyl (C=O) groups is 1. The largest absolute Gasteiger partial charge is 0.350 e. The molecule has 2 heterocycles. The highest BCUT2D eigenvalue weighted by Crippen LogP contribution is 2.32. The van der Waals surface area contributed by atoms with Gasteiger partial charge in [0.15, 0.2) is 0 Å². The lowest BCUT2D eigenvalue weighted by molar-refractivity contribution is -0.124. The van der Waals surface area contributed by atoms with Crippen molar-refractivity contribution >= 4 is 17.2 Å². The molecule has 3 rings (SSSR count). The van der Waals surface area contributed by atoms with Gasteiger partial charge in [-0.3, -0.25) is 4.79 Å². The Morgan fingerprint density at radius 3 is 3.05 bits per heavy atom. The lowest BCUT2D eigenvalue weighted by Crippen LogP contribution is -2.54. The Morgan fingerprint density at radius 1 is 1.40 bits per heavy atom. The average molecular weight is 293 g/mol. The Kier molecular flexibility index (Phi) is 4.36. The molecule has 1 amide bonds. The number of nitrogens with one attached hydrogen (secondary N) is 2. The maximum Gasteiger partial charge on any atom is 0.237 e. The molecule has 2 aliphatic rings. The van der Waals surface area contributed by atoms with E-state index < -0.39 is 0 Å². The summed E-state index contributed by atoms with van der Waals surface area (Å²) < 4.78 is 0. The van der Waals surface area contributed by atoms with E-state index in [0.717, 1.165) is 22.9 Å². The molecule has 2 N–H and O–H groups in total. The first kappa shape index (κ1) is 14.0. The van der Waals surface area contributed by atoms with Crippen LogP contribution in [0.15, 0.2) is 5.51 Å². The fourth-order valence-corrected chi connectivity index (χ4v) is 4.21. The lowest BCUT2D eigenvalue weighted by Gasteiger charge is -2.39. The summed E-state index contributed by atoms with van der Waals surface area (Å²) in [6, 6.07) is 0.570. The van der Waals surface area contributed by atoms with Crippen LogP contribution >= 0.6 is 11.3 Å². The van der Waals surface area contributed by atoms with Gasteiger partial charge in [0.2, 0.25) is 5.91 Å². The van der Waals surface area contributed by atoms with Crippen molar-refractivity contribution in [3.63, 3.8) is 0 Å². The Balaban J connectivity index is 1.51. The quantitative estimate of drug-likeness (QED) is 0.899. The summed E-state index contributed by atoms with van der Waals surface area (Å²) in [5, 5.41) is 6.64. The summed E-state index contributed by atoms with van der Waals surface area (Å²) in [5.74, 6) is 0.957. The van der Waals surface area contributed by atoms with Crippen LogP contribution in [0.1, 0.15) is 49.1 Å². The van der Waals surface area contributed by atoms with Crippen molar-refractivity contribution < 1.29 is 4.79 Å². The maximum atomic E-state index is 12.3. The topological polar surface area (TPSA) is 54.0 Å². The van der Waals surface area contributed by atoms with Gasteiger partial charge in [0.25, 0.3) is 0 Å². The van der Waals surface area contributed by atoms with Gasteiger partial charge >= 0.3 is 0 Å². The Hall–Kier alpha value is -0.940. The highest BCUT2D eigenvalue weighted by molar-refractivity contribution is 7.09. The molecule has 3 atom stereocenters. The Bertz CT molecular complexity index is 473. The van der Waals surface area contributed by atoms with Crippen LogP contribution < -0.4 is 10.6 Å². The van der Waals surface area contributed by atoms with Crippen molar-refractivity contribution in [2.45, 2.75) is 64.1 Å². The zero-order chi connectivity index (χ0) is 13.9. The van der Waals surface area contributed by atoms with Crippen molar-refractivity contribution in [3.8, 4) is 0 Å². The molecule has 3 unspecified atom stereocenters. The Morgan fingerprint density at radius 2 is 2.25 bits per heavy atom. The molecule has 1 aromatic rings. The number of hydrogen-bond donors (Lipinski definition) is 2. The van der Waals surface area contributed by atoms with Crippen LogP contribution in [0.25, 0.3) is 0 Å². The van der Waals surface area contributed by atoms with Crippen molar-refractivity contribution in [1.29, 1.82) is 0 Å². The summed E-state index contributed by atoms with van der Waals surface area (Å²) >= 11 is 1.61. The molecular weight excluding hydrogens is 270 g/mol. The predicted octanol–water partition coefficient (Wildman–Crippen LogP) is 2.38. The SMILES string of the molecule is Cc1ncsc1CNC(=O)C1CCC2CCCCC2N1. The second-order valence-corrected chi connectivity index (χ2v) is 6.97. The van der Waals surface area contributed by atoms with E-state index >= 15 is 0 Å². The molecule has 20 heavy (non-hydrogen) atoms. The second kappa shape index (κ2) is 6.22. The van der Waals surface area contributed by atoms with Gasteiger partial charge in [0.1, 0.15) is 0 Å². The smallest absolute Gasteiger partial charge is 0.237 e. The molecule has 0 spiro atoms. The summed E-state index contributed by atoms with van der Waals surface area (Å²) in [7, 11) is 0. The molecule has 0 aromatic carbocycles. The molecule has 1 saturated carbocycles. The van der Waals surface area contributed by atoms with Gasteiger partial charge in [-0.1, -0.05) is 12.8 Å². The van der Waals surface area contributed by atoms with Crippen LogP contribution in [-0.4, -0.2) is 23.0 Å². The third-order valence-electron chi connectivity index (χ3n) is 4.73. The molecule has 5 heteroatoms. The van der Waals surface area contributed by atoms with Crippen molar-refractivity contribution in [3.05, 3.63) is 16.1 Å². The number of nitrogens with zero attached hydrogens (tertiary/aromatic N) is 1. The maximum absolute atomic E-state index is 12.3. The fraction of sp³-hybridized carbons (Fsp3) is 0.733. The van der Waals surface area contributed by atoms with Crippen molar-refractivity contribution in [2.24, 2.45) is 5.92 Å².